The van der Waals surface area contributed by atoms with Crippen LogP contribution in [0, 0.1) is 6.92 Å². The van der Waals surface area contributed by atoms with E-state index in [4.69, 9.17) is 9.79 Å². The molecule has 0 aliphatic heterocycles. The predicted octanol–water partition coefficient (Wildman–Crippen LogP) is 4.20. The van der Waals surface area contributed by atoms with Gasteiger partial charge >= 0.3 is 13.3 Å². The molecule has 0 aliphatic carbocycles. The van der Waals surface area contributed by atoms with Gasteiger partial charge in [-0.05, 0) is 30.5 Å². The van der Waals surface area contributed by atoms with Crippen LogP contribution in [-0.2, 0) is 10.2 Å². The summed E-state index contributed by atoms with van der Waals surface area (Å²) in [7, 11) is -5.55. The summed E-state index contributed by atoms with van der Waals surface area (Å²) in [6, 6.07) is 4.26. The Morgan fingerprint density at radius 1 is 1.33 bits per heavy atom. The number of thiophene rings is 1. The first-order valence-corrected chi connectivity index (χ1v) is 7.99. The van der Waals surface area contributed by atoms with Crippen molar-refractivity contribution < 1.29 is 23.1 Å². The molecule has 0 saturated carbocycles. The lowest BCUT2D eigenvalue weighted by molar-refractivity contribution is 0.0559. The van der Waals surface area contributed by atoms with E-state index < -0.39 is 18.8 Å². The van der Waals surface area contributed by atoms with Gasteiger partial charge in [0.05, 0.1) is 0 Å². The minimum Gasteiger partial charge on any atom is -0.320 e. The van der Waals surface area contributed by atoms with Crippen LogP contribution in [0.3, 0.4) is 0 Å². The van der Waals surface area contributed by atoms with Gasteiger partial charge in [0.1, 0.15) is 0 Å². The van der Waals surface area contributed by atoms with Crippen LogP contribution in [0.4, 0.5) is 8.78 Å². The Morgan fingerprint density at radius 3 is 2.50 bits per heavy atom. The maximum Gasteiger partial charge on any atom is 0.399 e. The van der Waals surface area contributed by atoms with Crippen molar-refractivity contribution in [3.63, 3.8) is 0 Å². The van der Waals surface area contributed by atoms with Gasteiger partial charge in [0.25, 0.3) is 0 Å². The molecule has 0 unspecified atom stereocenters. The van der Waals surface area contributed by atoms with Crippen LogP contribution in [-0.4, -0.2) is 9.79 Å². The van der Waals surface area contributed by atoms with Crippen molar-refractivity contribution in [2.75, 3.05) is 0 Å². The molecule has 1 aromatic carbocycles. The molecule has 2 aromatic rings. The van der Waals surface area contributed by atoms with E-state index in [-0.39, 0.29) is 4.47 Å². The lowest BCUT2D eigenvalue weighted by atomic mass is 10.1. The van der Waals surface area contributed by atoms with E-state index in [9.17, 15) is 13.3 Å². The summed E-state index contributed by atoms with van der Waals surface area (Å²) >= 11 is 4.36. The van der Waals surface area contributed by atoms with Crippen molar-refractivity contribution >= 4 is 44.9 Å². The SMILES string of the molecule is Cc1cc2cc(C(F)(F)P(=O)(O)O)c(Br)cc2s1. The fourth-order valence-electron chi connectivity index (χ4n) is 1.58. The van der Waals surface area contributed by atoms with Crippen molar-refractivity contribution in [1.82, 2.24) is 0 Å². The Bertz CT molecular complexity index is 664. The molecular weight excluding hydrogens is 349 g/mol. The minimum absolute atomic E-state index is 0.00910. The summed E-state index contributed by atoms with van der Waals surface area (Å²) < 4.78 is 39.0. The third-order valence-electron chi connectivity index (χ3n) is 2.42. The second-order valence-corrected chi connectivity index (χ2v) is 7.60. The van der Waals surface area contributed by atoms with Gasteiger partial charge in [-0.3, -0.25) is 4.57 Å². The van der Waals surface area contributed by atoms with Gasteiger partial charge in [0.15, 0.2) is 0 Å². The zero-order valence-electron chi connectivity index (χ0n) is 9.02. The average molecular weight is 357 g/mol. The summed E-state index contributed by atoms with van der Waals surface area (Å²) in [5.41, 5.74) is -4.89. The summed E-state index contributed by atoms with van der Waals surface area (Å²) in [5.74, 6) is 0. The van der Waals surface area contributed by atoms with Gasteiger partial charge in [-0.2, -0.15) is 8.78 Å². The first kappa shape index (κ1) is 14.1. The largest absolute Gasteiger partial charge is 0.399 e. The summed E-state index contributed by atoms with van der Waals surface area (Å²) in [6.07, 6.45) is 0. The average Bonchev–Trinajstić information content (AvgIpc) is 2.53. The molecule has 0 atom stereocenters. The highest BCUT2D eigenvalue weighted by molar-refractivity contribution is 9.10. The summed E-state index contributed by atoms with van der Waals surface area (Å²) in [4.78, 5) is 18.4. The Kier molecular flexibility index (Phi) is 3.41. The second-order valence-electron chi connectivity index (χ2n) is 3.81. The van der Waals surface area contributed by atoms with Gasteiger partial charge in [0.2, 0.25) is 0 Å². The third kappa shape index (κ3) is 2.26. The van der Waals surface area contributed by atoms with Crippen LogP contribution in [0.5, 0.6) is 0 Å². The van der Waals surface area contributed by atoms with Gasteiger partial charge in [0, 0.05) is 19.6 Å². The molecule has 2 N–H and O–H groups in total. The van der Waals surface area contributed by atoms with Crippen LogP contribution in [0.1, 0.15) is 10.4 Å². The molecule has 0 amide bonds. The monoisotopic (exact) mass is 356 g/mol. The molecule has 8 heteroatoms. The fraction of sp³-hybridized carbons (Fsp3) is 0.200. The molecule has 98 valence electrons. The molecule has 0 bridgehead atoms. The second kappa shape index (κ2) is 4.35. The highest BCUT2D eigenvalue weighted by Gasteiger charge is 2.51. The standard InChI is InChI=1S/C10H8BrF2O3PS/c1-5-2-6-3-7(8(11)4-9(6)18-5)10(12,13)17(14,15)16/h2-4H,1H3,(H2,14,15,16). The van der Waals surface area contributed by atoms with Crippen molar-refractivity contribution in [3.05, 3.63) is 33.1 Å². The molecule has 1 aromatic heterocycles. The molecule has 0 fully saturated rings. The fourth-order valence-corrected chi connectivity index (χ4v) is 3.92. The van der Waals surface area contributed by atoms with Gasteiger partial charge < -0.3 is 9.79 Å². The van der Waals surface area contributed by atoms with E-state index in [1.165, 1.54) is 17.4 Å². The lowest BCUT2D eigenvalue weighted by Crippen LogP contribution is -2.14. The third-order valence-corrected chi connectivity index (χ3v) is 5.06. The number of aryl methyl sites for hydroxylation is 1. The van der Waals surface area contributed by atoms with Crippen LogP contribution in [0.25, 0.3) is 10.1 Å². The predicted molar refractivity (Wildman–Crippen MR) is 70.2 cm³/mol. The highest BCUT2D eigenvalue weighted by atomic mass is 79.9. The maximum absolute atomic E-state index is 13.7. The zero-order chi connectivity index (χ0) is 13.7. The van der Waals surface area contributed by atoms with Crippen LogP contribution >= 0.6 is 34.9 Å². The van der Waals surface area contributed by atoms with Gasteiger partial charge in [-0.1, -0.05) is 15.9 Å². The number of fused-ring (bicyclic) bond motifs is 1. The molecule has 2 rings (SSSR count). The molecule has 0 spiro atoms. The van der Waals surface area contributed by atoms with Crippen molar-refractivity contribution in [2.24, 2.45) is 0 Å². The molecular formula is C10H8BrF2O3PS. The first-order chi connectivity index (χ1) is 8.13. The number of rotatable bonds is 2. The number of hydrogen-bond acceptors (Lipinski definition) is 2. The zero-order valence-corrected chi connectivity index (χ0v) is 12.3. The maximum atomic E-state index is 13.7. The van der Waals surface area contributed by atoms with Gasteiger partial charge in [-0.25, -0.2) is 0 Å². The number of hydrogen-bond donors (Lipinski definition) is 2. The smallest absolute Gasteiger partial charge is 0.320 e. The molecule has 1 heterocycles. The van der Waals surface area contributed by atoms with E-state index in [1.807, 2.05) is 6.92 Å². The van der Waals surface area contributed by atoms with Crippen LogP contribution < -0.4 is 0 Å². The number of alkyl halides is 2. The minimum atomic E-state index is -5.55. The Morgan fingerprint density at radius 2 is 1.94 bits per heavy atom. The topological polar surface area (TPSA) is 57.5 Å². The molecule has 0 radical (unpaired) electrons. The Labute approximate surface area is 114 Å². The summed E-state index contributed by atoms with van der Waals surface area (Å²) in [6.45, 7) is 1.83. The van der Waals surface area contributed by atoms with E-state index in [0.717, 1.165) is 15.6 Å². The first-order valence-electron chi connectivity index (χ1n) is 4.76. The van der Waals surface area contributed by atoms with E-state index in [1.54, 1.807) is 6.07 Å². The molecule has 18 heavy (non-hydrogen) atoms. The van der Waals surface area contributed by atoms with Crippen LogP contribution in [0.15, 0.2) is 22.7 Å². The molecule has 0 saturated heterocycles. The van der Waals surface area contributed by atoms with Gasteiger partial charge in [-0.15, -0.1) is 11.3 Å². The summed E-state index contributed by atoms with van der Waals surface area (Å²) in [5, 5.41) is 0.545. The van der Waals surface area contributed by atoms with Crippen LogP contribution in [0.2, 0.25) is 0 Å². The number of benzene rings is 1. The van der Waals surface area contributed by atoms with Crippen molar-refractivity contribution in [2.45, 2.75) is 12.6 Å². The Hall–Kier alpha value is -0.330. The van der Waals surface area contributed by atoms with E-state index in [2.05, 4.69) is 15.9 Å². The lowest BCUT2D eigenvalue weighted by Gasteiger charge is -2.19. The highest BCUT2D eigenvalue weighted by Crippen LogP contribution is 2.60. The molecule has 0 aliphatic rings. The quantitative estimate of drug-likeness (QED) is 0.793. The number of halogens is 3. The van der Waals surface area contributed by atoms with Crippen molar-refractivity contribution in [3.8, 4) is 0 Å². The van der Waals surface area contributed by atoms with E-state index in [0.29, 0.717) is 5.39 Å². The van der Waals surface area contributed by atoms with E-state index >= 15 is 0 Å². The van der Waals surface area contributed by atoms with Crippen molar-refractivity contribution in [1.29, 1.82) is 0 Å². The molecule has 3 nitrogen and oxygen atoms in total. The normalized spacial score (nSPS) is 13.2. The Balaban J connectivity index is 2.71.